The Kier molecular flexibility index (Phi) is 4.24. The number of carboxylic acids is 1. The van der Waals surface area contributed by atoms with Crippen LogP contribution in [0.2, 0.25) is 0 Å². The lowest BCUT2D eigenvalue weighted by Gasteiger charge is -2.11. The molecule has 0 heterocycles. The van der Waals surface area contributed by atoms with Crippen LogP contribution in [0.3, 0.4) is 0 Å². The lowest BCUT2D eigenvalue weighted by atomic mass is 10.1. The molecule has 0 bridgehead atoms. The lowest BCUT2D eigenvalue weighted by molar-refractivity contribution is -0.137. The molecule has 0 amide bonds. The molecular weight excluding hydrogens is 301 g/mol. The number of anilines is 1. The van der Waals surface area contributed by atoms with Gasteiger partial charge in [-0.3, -0.25) is 4.72 Å². The smallest absolute Gasteiger partial charge is 0.416 e. The molecule has 0 aliphatic heterocycles. The molecule has 1 aromatic rings. The van der Waals surface area contributed by atoms with Gasteiger partial charge in [-0.25, -0.2) is 13.2 Å². The van der Waals surface area contributed by atoms with Gasteiger partial charge in [-0.2, -0.15) is 18.4 Å². The van der Waals surface area contributed by atoms with Gasteiger partial charge in [0.25, 0.3) is 0 Å². The summed E-state index contributed by atoms with van der Waals surface area (Å²) in [7, 11) is -4.16. The molecule has 0 spiro atoms. The number of carbonyl (C=O) groups is 1. The Morgan fingerprint density at radius 1 is 1.35 bits per heavy atom. The average molecular weight is 308 g/mol. The maximum Gasteiger partial charge on any atom is 0.416 e. The van der Waals surface area contributed by atoms with Crippen LogP contribution in [0.15, 0.2) is 18.2 Å². The Morgan fingerprint density at radius 3 is 2.40 bits per heavy atom. The summed E-state index contributed by atoms with van der Waals surface area (Å²) in [6, 6.07) is 2.88. The summed E-state index contributed by atoms with van der Waals surface area (Å²) in [4.78, 5) is 10.7. The second kappa shape index (κ2) is 5.38. The van der Waals surface area contributed by atoms with E-state index in [-0.39, 0.29) is 0 Å². The van der Waals surface area contributed by atoms with Gasteiger partial charge in [0.1, 0.15) is 0 Å². The van der Waals surface area contributed by atoms with E-state index in [0.29, 0.717) is 12.1 Å². The summed E-state index contributed by atoms with van der Waals surface area (Å²) in [5, 5.41) is 17.0. The number of alkyl halides is 3. The first-order chi connectivity index (χ1) is 9.05. The molecule has 0 aliphatic rings. The van der Waals surface area contributed by atoms with Crippen molar-refractivity contribution in [2.24, 2.45) is 0 Å². The molecule has 0 radical (unpaired) electrons. The van der Waals surface area contributed by atoms with Crippen molar-refractivity contribution >= 4 is 21.7 Å². The van der Waals surface area contributed by atoms with Gasteiger partial charge >= 0.3 is 12.1 Å². The van der Waals surface area contributed by atoms with E-state index in [4.69, 9.17) is 10.4 Å². The quantitative estimate of drug-likeness (QED) is 0.879. The standard InChI is InChI=1S/C10H7F3N2O4S/c11-10(12,13)7-3-6(9(16)17)4-8(5-7)15-20(18,19)2-1-14/h3-5,15H,2H2,(H,16,17). The van der Waals surface area contributed by atoms with E-state index >= 15 is 0 Å². The van der Waals surface area contributed by atoms with Gasteiger partial charge in [0.05, 0.1) is 17.2 Å². The molecule has 0 atom stereocenters. The van der Waals surface area contributed by atoms with E-state index in [1.54, 1.807) is 4.72 Å². The van der Waals surface area contributed by atoms with E-state index < -0.39 is 44.7 Å². The Bertz CT molecular complexity index is 677. The van der Waals surface area contributed by atoms with Crippen LogP contribution in [0.4, 0.5) is 18.9 Å². The van der Waals surface area contributed by atoms with Crippen molar-refractivity contribution in [3.05, 3.63) is 29.3 Å². The maximum absolute atomic E-state index is 12.6. The second-order valence-electron chi connectivity index (χ2n) is 3.62. The number of aromatic carboxylic acids is 1. The zero-order valence-corrected chi connectivity index (χ0v) is 10.4. The molecule has 0 saturated heterocycles. The molecule has 108 valence electrons. The van der Waals surface area contributed by atoms with Crippen LogP contribution >= 0.6 is 0 Å². The first kappa shape index (κ1) is 15.8. The minimum atomic E-state index is -4.83. The molecule has 10 heteroatoms. The summed E-state index contributed by atoms with van der Waals surface area (Å²) in [5.74, 6) is -2.61. The van der Waals surface area contributed by atoms with E-state index in [1.165, 1.54) is 6.07 Å². The Hall–Kier alpha value is -2.28. The van der Waals surface area contributed by atoms with Gasteiger partial charge in [-0.05, 0) is 18.2 Å². The zero-order valence-electron chi connectivity index (χ0n) is 9.60. The summed E-state index contributed by atoms with van der Waals surface area (Å²) >= 11 is 0. The van der Waals surface area contributed by atoms with Crippen LogP contribution < -0.4 is 4.72 Å². The highest BCUT2D eigenvalue weighted by molar-refractivity contribution is 7.92. The van der Waals surface area contributed by atoms with Crippen molar-refractivity contribution < 1.29 is 31.5 Å². The number of nitrogens with one attached hydrogen (secondary N) is 1. The summed E-state index contributed by atoms with van der Waals surface area (Å²) in [6.45, 7) is 0. The Balaban J connectivity index is 3.31. The van der Waals surface area contributed by atoms with Gasteiger partial charge in [0.2, 0.25) is 10.0 Å². The van der Waals surface area contributed by atoms with Gasteiger partial charge in [-0.15, -0.1) is 0 Å². The highest BCUT2D eigenvalue weighted by atomic mass is 32.2. The van der Waals surface area contributed by atoms with Crippen LogP contribution in [0.5, 0.6) is 0 Å². The van der Waals surface area contributed by atoms with Crippen molar-refractivity contribution in [2.45, 2.75) is 6.18 Å². The first-order valence-corrected chi connectivity index (χ1v) is 6.53. The van der Waals surface area contributed by atoms with Gasteiger partial charge in [0, 0.05) is 5.69 Å². The second-order valence-corrected chi connectivity index (χ2v) is 5.34. The molecule has 0 aromatic heterocycles. The van der Waals surface area contributed by atoms with Crippen molar-refractivity contribution in [1.29, 1.82) is 5.26 Å². The molecular formula is C10H7F3N2O4S. The highest BCUT2D eigenvalue weighted by Gasteiger charge is 2.32. The number of hydrogen-bond acceptors (Lipinski definition) is 4. The van der Waals surface area contributed by atoms with Gasteiger partial charge in [-0.1, -0.05) is 0 Å². The monoisotopic (exact) mass is 308 g/mol. The molecule has 0 saturated carbocycles. The lowest BCUT2D eigenvalue weighted by Crippen LogP contribution is -2.17. The fourth-order valence-electron chi connectivity index (χ4n) is 1.27. The maximum atomic E-state index is 12.6. The third-order valence-electron chi connectivity index (χ3n) is 2.04. The summed E-state index contributed by atoms with van der Waals surface area (Å²) in [6.07, 6.45) is -4.83. The molecule has 0 unspecified atom stereocenters. The van der Waals surface area contributed by atoms with Crippen molar-refractivity contribution in [3.8, 4) is 6.07 Å². The molecule has 0 fully saturated rings. The van der Waals surface area contributed by atoms with Crippen molar-refractivity contribution in [1.82, 2.24) is 0 Å². The summed E-state index contributed by atoms with van der Waals surface area (Å²) < 4.78 is 62.0. The van der Waals surface area contributed by atoms with Crippen LogP contribution in [0.25, 0.3) is 0 Å². The van der Waals surface area contributed by atoms with Crippen molar-refractivity contribution in [2.75, 3.05) is 10.5 Å². The Labute approximate surface area is 111 Å². The van der Waals surface area contributed by atoms with E-state index in [2.05, 4.69) is 0 Å². The number of benzene rings is 1. The minimum Gasteiger partial charge on any atom is -0.478 e. The van der Waals surface area contributed by atoms with Crippen LogP contribution in [-0.4, -0.2) is 25.2 Å². The van der Waals surface area contributed by atoms with E-state index in [1.807, 2.05) is 0 Å². The first-order valence-electron chi connectivity index (χ1n) is 4.88. The topological polar surface area (TPSA) is 107 Å². The largest absolute Gasteiger partial charge is 0.478 e. The number of hydrogen-bond donors (Lipinski definition) is 2. The Morgan fingerprint density at radius 2 is 1.95 bits per heavy atom. The minimum absolute atomic E-state index is 0.379. The van der Waals surface area contributed by atoms with Gasteiger partial charge in [0.15, 0.2) is 5.75 Å². The SMILES string of the molecule is N#CCS(=O)(=O)Nc1cc(C(=O)O)cc(C(F)(F)F)c1. The van der Waals surface area contributed by atoms with E-state index in [0.717, 1.165) is 6.07 Å². The highest BCUT2D eigenvalue weighted by Crippen LogP contribution is 2.32. The molecule has 2 N–H and O–H groups in total. The molecule has 20 heavy (non-hydrogen) atoms. The van der Waals surface area contributed by atoms with Crippen LogP contribution in [-0.2, 0) is 16.2 Å². The number of halogens is 3. The van der Waals surface area contributed by atoms with Gasteiger partial charge < -0.3 is 5.11 Å². The average Bonchev–Trinajstić information content (AvgIpc) is 2.26. The summed E-state index contributed by atoms with van der Waals surface area (Å²) in [5.41, 5.74) is -2.62. The molecule has 1 rings (SSSR count). The molecule has 6 nitrogen and oxygen atoms in total. The fraction of sp³-hybridized carbons (Fsp3) is 0.200. The third kappa shape index (κ3) is 4.13. The zero-order chi connectivity index (χ0) is 15.6. The normalized spacial score (nSPS) is 11.7. The number of sulfonamides is 1. The number of nitrogens with zero attached hydrogens (tertiary/aromatic N) is 1. The fourth-order valence-corrected chi connectivity index (χ4v) is 1.99. The van der Waals surface area contributed by atoms with Crippen LogP contribution in [0.1, 0.15) is 15.9 Å². The molecule has 0 aliphatic carbocycles. The molecule has 1 aromatic carbocycles. The van der Waals surface area contributed by atoms with Crippen molar-refractivity contribution in [3.63, 3.8) is 0 Å². The predicted octanol–water partition coefficient (Wildman–Crippen LogP) is 1.67. The van der Waals surface area contributed by atoms with Crippen LogP contribution in [0, 0.1) is 11.3 Å². The number of nitriles is 1. The number of rotatable bonds is 4. The predicted molar refractivity (Wildman–Crippen MR) is 61.4 cm³/mol. The number of carboxylic acid groups (broad SMARTS) is 1. The van der Waals surface area contributed by atoms with E-state index in [9.17, 15) is 26.4 Å². The third-order valence-corrected chi connectivity index (χ3v) is 3.09.